The van der Waals surface area contributed by atoms with Crippen LogP contribution < -0.4 is 15.5 Å². The first-order valence-corrected chi connectivity index (χ1v) is 14.7. The standard InChI is InChI=1S/C29H33F4N9O/c1-16-15-43-12-11-40(16)24-14-22(25-17(2)39-42(26(25)29(31,32)33)20-7-9-34-10-8-20)37-28(38-24)41-23-6-3-18(30)13-21(23)36-27(41)35-19-4-5-19/h3,6,13-14,16,19-20,34H,4-5,7-12,15H2,1-2H3,(H,35,36)/t16-/m1/s1. The molecule has 2 aliphatic heterocycles. The summed E-state index contributed by atoms with van der Waals surface area (Å²) in [7, 11) is 0. The molecule has 1 saturated carbocycles. The van der Waals surface area contributed by atoms with E-state index in [9.17, 15) is 17.6 Å². The maximum Gasteiger partial charge on any atom is 0.433 e. The lowest BCUT2D eigenvalue weighted by molar-refractivity contribution is -0.144. The van der Waals surface area contributed by atoms with Crippen molar-refractivity contribution in [3.05, 3.63) is 41.5 Å². The molecule has 14 heteroatoms. The lowest BCUT2D eigenvalue weighted by atomic mass is 10.0. The van der Waals surface area contributed by atoms with Crippen molar-refractivity contribution < 1.29 is 22.3 Å². The molecule has 2 N–H and O–H groups in total. The summed E-state index contributed by atoms with van der Waals surface area (Å²) in [4.78, 5) is 16.3. The Hall–Kier alpha value is -3.78. The molecule has 0 amide bonds. The summed E-state index contributed by atoms with van der Waals surface area (Å²) < 4.78 is 67.4. The molecule has 7 rings (SSSR count). The number of aryl methyl sites for hydroxylation is 1. The molecular formula is C29H33F4N9O. The molecule has 3 aromatic heterocycles. The first-order valence-electron chi connectivity index (χ1n) is 14.7. The number of nitrogens with one attached hydrogen (secondary N) is 2. The zero-order chi connectivity index (χ0) is 29.9. The molecule has 2 saturated heterocycles. The molecule has 4 aromatic rings. The highest BCUT2D eigenvalue weighted by atomic mass is 19.4. The number of imidazole rings is 1. The number of nitrogens with zero attached hydrogens (tertiary/aromatic N) is 7. The Labute approximate surface area is 245 Å². The third-order valence-electron chi connectivity index (χ3n) is 8.35. The van der Waals surface area contributed by atoms with Crippen LogP contribution in [0.4, 0.5) is 29.3 Å². The number of alkyl halides is 3. The number of aromatic nitrogens is 6. The van der Waals surface area contributed by atoms with Gasteiger partial charge in [-0.05, 0) is 64.8 Å². The summed E-state index contributed by atoms with van der Waals surface area (Å²) >= 11 is 0. The minimum atomic E-state index is -4.67. The number of benzene rings is 1. The van der Waals surface area contributed by atoms with Gasteiger partial charge in [0.1, 0.15) is 11.6 Å². The lowest BCUT2D eigenvalue weighted by Gasteiger charge is -2.34. The van der Waals surface area contributed by atoms with Crippen molar-refractivity contribution in [1.82, 2.24) is 34.6 Å². The van der Waals surface area contributed by atoms with Gasteiger partial charge in [-0.2, -0.15) is 23.3 Å². The van der Waals surface area contributed by atoms with Gasteiger partial charge in [-0.3, -0.25) is 4.68 Å². The molecule has 1 atom stereocenters. The van der Waals surface area contributed by atoms with Crippen molar-refractivity contribution in [3.8, 4) is 17.2 Å². The second-order valence-electron chi connectivity index (χ2n) is 11.6. The Balaban J connectivity index is 1.46. The van der Waals surface area contributed by atoms with Crippen molar-refractivity contribution >= 4 is 22.8 Å². The Morgan fingerprint density at radius 2 is 1.84 bits per heavy atom. The molecule has 0 bridgehead atoms. The maximum absolute atomic E-state index is 14.9. The zero-order valence-corrected chi connectivity index (χ0v) is 24.0. The van der Waals surface area contributed by atoms with Crippen molar-refractivity contribution in [2.75, 3.05) is 43.1 Å². The number of rotatable bonds is 6. The fraction of sp³-hybridized carbons (Fsp3) is 0.517. The number of hydrogen-bond donors (Lipinski definition) is 2. The topological polar surface area (TPSA) is 98.0 Å². The summed E-state index contributed by atoms with van der Waals surface area (Å²) in [5.41, 5.74) is 0.418. The van der Waals surface area contributed by atoms with Crippen LogP contribution in [0.15, 0.2) is 24.3 Å². The third kappa shape index (κ3) is 5.30. The number of anilines is 2. The zero-order valence-electron chi connectivity index (χ0n) is 24.0. The Morgan fingerprint density at radius 3 is 2.56 bits per heavy atom. The van der Waals surface area contributed by atoms with Crippen LogP contribution in [0.1, 0.15) is 50.0 Å². The molecule has 3 aliphatic rings. The highest BCUT2D eigenvalue weighted by molar-refractivity contribution is 5.81. The summed E-state index contributed by atoms with van der Waals surface area (Å²) in [6.45, 7) is 6.25. The Bertz CT molecular complexity index is 1660. The quantitative estimate of drug-likeness (QED) is 0.303. The van der Waals surface area contributed by atoms with E-state index in [1.54, 1.807) is 23.6 Å². The predicted octanol–water partition coefficient (Wildman–Crippen LogP) is 4.87. The average Bonchev–Trinajstić information content (AvgIpc) is 3.61. The molecular weight excluding hydrogens is 566 g/mol. The number of halogens is 4. The first kappa shape index (κ1) is 28.0. The lowest BCUT2D eigenvalue weighted by Crippen LogP contribution is -2.44. The van der Waals surface area contributed by atoms with Crippen LogP contribution in [0.2, 0.25) is 0 Å². The molecule has 5 heterocycles. The molecule has 10 nitrogen and oxygen atoms in total. The number of morpholine rings is 1. The van der Waals surface area contributed by atoms with E-state index < -0.39 is 17.7 Å². The minimum absolute atomic E-state index is 0.0657. The fourth-order valence-corrected chi connectivity index (χ4v) is 6.07. The van der Waals surface area contributed by atoms with E-state index in [1.807, 2.05) is 11.8 Å². The van der Waals surface area contributed by atoms with Crippen LogP contribution in [0.5, 0.6) is 0 Å². The van der Waals surface area contributed by atoms with Crippen LogP contribution in [0.25, 0.3) is 28.2 Å². The van der Waals surface area contributed by atoms with E-state index in [0.29, 0.717) is 68.5 Å². The molecule has 0 unspecified atom stereocenters. The number of hydrogen-bond acceptors (Lipinski definition) is 8. The van der Waals surface area contributed by atoms with Crippen LogP contribution in [0.3, 0.4) is 0 Å². The highest BCUT2D eigenvalue weighted by Crippen LogP contribution is 2.42. The number of piperidine rings is 1. The first-order chi connectivity index (χ1) is 20.7. The third-order valence-corrected chi connectivity index (χ3v) is 8.35. The van der Waals surface area contributed by atoms with E-state index in [2.05, 4.69) is 20.7 Å². The number of ether oxygens (including phenoxy) is 1. The summed E-state index contributed by atoms with van der Waals surface area (Å²) in [5.74, 6) is 0.590. The van der Waals surface area contributed by atoms with E-state index in [0.717, 1.165) is 17.5 Å². The largest absolute Gasteiger partial charge is 0.433 e. The van der Waals surface area contributed by atoms with Crippen molar-refractivity contribution in [2.24, 2.45) is 0 Å². The van der Waals surface area contributed by atoms with Gasteiger partial charge in [0.15, 0.2) is 5.69 Å². The van der Waals surface area contributed by atoms with Gasteiger partial charge in [-0.25, -0.2) is 18.9 Å². The van der Waals surface area contributed by atoms with Crippen LogP contribution in [-0.2, 0) is 10.9 Å². The van der Waals surface area contributed by atoms with E-state index in [-0.39, 0.29) is 41.0 Å². The van der Waals surface area contributed by atoms with Crippen molar-refractivity contribution in [3.63, 3.8) is 0 Å². The van der Waals surface area contributed by atoms with Gasteiger partial charge in [0.25, 0.3) is 0 Å². The molecule has 228 valence electrons. The van der Waals surface area contributed by atoms with Gasteiger partial charge in [0.05, 0.1) is 53.3 Å². The SMILES string of the molecule is Cc1nn(C2CCNCC2)c(C(F)(F)F)c1-c1cc(N2CCOC[C@H]2C)nc(-n2c(NC3CC3)nc3cc(F)ccc32)n1. The van der Waals surface area contributed by atoms with E-state index in [1.165, 1.54) is 12.1 Å². The van der Waals surface area contributed by atoms with Gasteiger partial charge in [-0.15, -0.1) is 0 Å². The highest BCUT2D eigenvalue weighted by Gasteiger charge is 2.42. The van der Waals surface area contributed by atoms with Gasteiger partial charge in [0, 0.05) is 24.7 Å². The second kappa shape index (κ2) is 10.7. The van der Waals surface area contributed by atoms with Gasteiger partial charge in [0.2, 0.25) is 11.9 Å². The maximum atomic E-state index is 14.9. The van der Waals surface area contributed by atoms with Gasteiger partial charge in [-0.1, -0.05) is 0 Å². The molecule has 3 fully saturated rings. The molecule has 1 aromatic carbocycles. The van der Waals surface area contributed by atoms with Crippen LogP contribution >= 0.6 is 0 Å². The predicted molar refractivity (Wildman–Crippen MR) is 153 cm³/mol. The smallest absolute Gasteiger partial charge is 0.377 e. The summed E-state index contributed by atoms with van der Waals surface area (Å²) in [6, 6.07) is 5.60. The fourth-order valence-electron chi connectivity index (χ4n) is 6.07. The average molecular weight is 600 g/mol. The molecule has 0 spiro atoms. The van der Waals surface area contributed by atoms with Crippen molar-refractivity contribution in [1.29, 1.82) is 0 Å². The van der Waals surface area contributed by atoms with Gasteiger partial charge >= 0.3 is 6.18 Å². The van der Waals surface area contributed by atoms with E-state index >= 15 is 0 Å². The Morgan fingerprint density at radius 1 is 1.05 bits per heavy atom. The van der Waals surface area contributed by atoms with Crippen molar-refractivity contribution in [2.45, 2.75) is 63.8 Å². The monoisotopic (exact) mass is 599 g/mol. The van der Waals surface area contributed by atoms with Crippen LogP contribution in [0, 0.1) is 12.7 Å². The van der Waals surface area contributed by atoms with E-state index in [4.69, 9.17) is 14.7 Å². The Kier molecular flexibility index (Phi) is 7.00. The summed E-state index contributed by atoms with van der Waals surface area (Å²) in [5, 5.41) is 11.0. The molecule has 1 aliphatic carbocycles. The van der Waals surface area contributed by atoms with Crippen LogP contribution in [-0.4, -0.2) is 74.2 Å². The second-order valence-corrected chi connectivity index (χ2v) is 11.6. The molecule has 0 radical (unpaired) electrons. The molecule has 43 heavy (non-hydrogen) atoms. The van der Waals surface area contributed by atoms with Gasteiger partial charge < -0.3 is 20.3 Å². The minimum Gasteiger partial charge on any atom is -0.377 e. The number of fused-ring (bicyclic) bond motifs is 1. The normalized spacial score (nSPS) is 20.2. The summed E-state index contributed by atoms with van der Waals surface area (Å²) in [6.07, 6.45) is -1.67.